The summed E-state index contributed by atoms with van der Waals surface area (Å²) in [5.74, 6) is -0.0755. The number of amides is 1. The molecule has 0 saturated carbocycles. The lowest BCUT2D eigenvalue weighted by atomic mass is 9.97. The molecule has 104 valence electrons. The summed E-state index contributed by atoms with van der Waals surface area (Å²) in [7, 11) is 0. The van der Waals surface area contributed by atoms with Gasteiger partial charge in [-0.2, -0.15) is 0 Å². The van der Waals surface area contributed by atoms with E-state index in [-0.39, 0.29) is 5.91 Å². The Morgan fingerprint density at radius 1 is 0.952 bits per heavy atom. The van der Waals surface area contributed by atoms with Crippen molar-refractivity contribution in [2.24, 2.45) is 0 Å². The highest BCUT2D eigenvalue weighted by molar-refractivity contribution is 6.30. The summed E-state index contributed by atoms with van der Waals surface area (Å²) < 4.78 is 0. The van der Waals surface area contributed by atoms with Crippen LogP contribution in [0.5, 0.6) is 0 Å². The van der Waals surface area contributed by atoms with Gasteiger partial charge in [-0.15, -0.1) is 0 Å². The third-order valence-corrected chi connectivity index (χ3v) is 3.62. The molecule has 0 aliphatic rings. The number of carbonyl (C=O) groups excluding carboxylic acids is 1. The Hall–Kier alpha value is -2.32. The molecule has 0 aliphatic carbocycles. The standard InChI is InChI=1S/C18H14ClNO/c1-12(21)20-17-7-3-5-14-4-2-6-16(18(14)17)13-8-10-15(19)11-9-13/h2-11H,1H3,(H,20,21). The average Bonchev–Trinajstić information content (AvgIpc) is 2.47. The van der Waals surface area contributed by atoms with E-state index in [4.69, 9.17) is 11.6 Å². The van der Waals surface area contributed by atoms with Crippen LogP contribution in [0.25, 0.3) is 21.9 Å². The molecule has 1 N–H and O–H groups in total. The molecule has 3 rings (SSSR count). The summed E-state index contributed by atoms with van der Waals surface area (Å²) in [5.41, 5.74) is 2.97. The van der Waals surface area contributed by atoms with Crippen LogP contribution >= 0.6 is 11.6 Å². The SMILES string of the molecule is CC(=O)Nc1cccc2cccc(-c3ccc(Cl)cc3)c12. The lowest BCUT2D eigenvalue weighted by molar-refractivity contribution is -0.114. The molecule has 1 amide bonds. The Bertz CT molecular complexity index is 804. The third-order valence-electron chi connectivity index (χ3n) is 3.37. The van der Waals surface area contributed by atoms with Crippen molar-refractivity contribution >= 4 is 34.0 Å². The zero-order chi connectivity index (χ0) is 14.8. The van der Waals surface area contributed by atoms with Crippen LogP contribution in [0, 0.1) is 0 Å². The van der Waals surface area contributed by atoms with Crippen molar-refractivity contribution in [1.82, 2.24) is 0 Å². The van der Waals surface area contributed by atoms with Crippen molar-refractivity contribution in [3.05, 3.63) is 65.7 Å². The minimum Gasteiger partial charge on any atom is -0.326 e. The van der Waals surface area contributed by atoms with Crippen LogP contribution in [0.2, 0.25) is 5.02 Å². The predicted molar refractivity (Wildman–Crippen MR) is 88.7 cm³/mol. The number of benzene rings is 3. The van der Waals surface area contributed by atoms with Crippen LogP contribution < -0.4 is 5.32 Å². The molecule has 0 aromatic heterocycles. The van der Waals surface area contributed by atoms with E-state index in [0.717, 1.165) is 27.6 Å². The third kappa shape index (κ3) is 2.76. The zero-order valence-electron chi connectivity index (χ0n) is 11.6. The molecule has 2 nitrogen and oxygen atoms in total. The molecule has 0 saturated heterocycles. The van der Waals surface area contributed by atoms with E-state index in [0.29, 0.717) is 5.02 Å². The number of halogens is 1. The minimum absolute atomic E-state index is 0.0755. The first-order valence-electron chi connectivity index (χ1n) is 6.70. The van der Waals surface area contributed by atoms with Gasteiger partial charge >= 0.3 is 0 Å². The van der Waals surface area contributed by atoms with Crippen molar-refractivity contribution in [3.63, 3.8) is 0 Å². The highest BCUT2D eigenvalue weighted by Gasteiger charge is 2.09. The fourth-order valence-corrected chi connectivity index (χ4v) is 2.63. The number of carbonyl (C=O) groups is 1. The first-order valence-corrected chi connectivity index (χ1v) is 7.08. The number of nitrogens with one attached hydrogen (secondary N) is 1. The normalized spacial score (nSPS) is 10.6. The molecule has 0 heterocycles. The summed E-state index contributed by atoms with van der Waals surface area (Å²) >= 11 is 5.96. The minimum atomic E-state index is -0.0755. The van der Waals surface area contributed by atoms with Gasteiger partial charge < -0.3 is 5.32 Å². The van der Waals surface area contributed by atoms with Crippen molar-refractivity contribution in [1.29, 1.82) is 0 Å². The van der Waals surface area contributed by atoms with Gasteiger partial charge in [0.05, 0.1) is 0 Å². The molecule has 0 atom stereocenters. The molecule has 0 fully saturated rings. The van der Waals surface area contributed by atoms with Crippen molar-refractivity contribution in [2.45, 2.75) is 6.92 Å². The van der Waals surface area contributed by atoms with Gasteiger partial charge in [-0.3, -0.25) is 4.79 Å². The first kappa shape index (κ1) is 13.7. The highest BCUT2D eigenvalue weighted by Crippen LogP contribution is 2.34. The van der Waals surface area contributed by atoms with Crippen LogP contribution in [0.1, 0.15) is 6.92 Å². The predicted octanol–water partition coefficient (Wildman–Crippen LogP) is 5.12. The van der Waals surface area contributed by atoms with Gasteiger partial charge in [0, 0.05) is 23.0 Å². The van der Waals surface area contributed by atoms with Crippen LogP contribution in [0.4, 0.5) is 5.69 Å². The van der Waals surface area contributed by atoms with E-state index in [9.17, 15) is 4.79 Å². The molecule has 0 bridgehead atoms. The van der Waals surface area contributed by atoms with Crippen LogP contribution in [-0.2, 0) is 4.79 Å². The van der Waals surface area contributed by atoms with Crippen LogP contribution in [0.15, 0.2) is 60.7 Å². The first-order chi connectivity index (χ1) is 10.1. The van der Waals surface area contributed by atoms with Crippen molar-refractivity contribution < 1.29 is 4.79 Å². The fourth-order valence-electron chi connectivity index (χ4n) is 2.50. The maximum Gasteiger partial charge on any atom is 0.221 e. The van der Waals surface area contributed by atoms with Gasteiger partial charge in [-0.05, 0) is 34.7 Å². The maximum atomic E-state index is 11.4. The number of hydrogen-bond donors (Lipinski definition) is 1. The van der Waals surface area contributed by atoms with E-state index < -0.39 is 0 Å². The number of fused-ring (bicyclic) bond motifs is 1. The fraction of sp³-hybridized carbons (Fsp3) is 0.0556. The van der Waals surface area contributed by atoms with Gasteiger partial charge in [0.15, 0.2) is 0 Å². The Morgan fingerprint density at radius 3 is 2.29 bits per heavy atom. The lowest BCUT2D eigenvalue weighted by Crippen LogP contribution is -2.06. The van der Waals surface area contributed by atoms with Crippen molar-refractivity contribution in [3.8, 4) is 11.1 Å². The van der Waals surface area contributed by atoms with E-state index in [2.05, 4.69) is 11.4 Å². The van der Waals surface area contributed by atoms with E-state index in [1.165, 1.54) is 6.92 Å². The monoisotopic (exact) mass is 295 g/mol. The molecule has 3 heteroatoms. The van der Waals surface area contributed by atoms with Gasteiger partial charge in [-0.1, -0.05) is 54.1 Å². The molecular formula is C18H14ClNO. The summed E-state index contributed by atoms with van der Waals surface area (Å²) in [4.78, 5) is 11.4. The number of anilines is 1. The largest absolute Gasteiger partial charge is 0.326 e. The van der Waals surface area contributed by atoms with E-state index in [1.54, 1.807) is 0 Å². The van der Waals surface area contributed by atoms with Crippen LogP contribution in [-0.4, -0.2) is 5.91 Å². The van der Waals surface area contributed by atoms with E-state index in [1.807, 2.05) is 54.6 Å². The molecular weight excluding hydrogens is 282 g/mol. The molecule has 3 aromatic rings. The lowest BCUT2D eigenvalue weighted by Gasteiger charge is -2.12. The van der Waals surface area contributed by atoms with Gasteiger partial charge in [0.2, 0.25) is 5.91 Å². The molecule has 0 aliphatic heterocycles. The Morgan fingerprint density at radius 2 is 1.62 bits per heavy atom. The van der Waals surface area contributed by atoms with Crippen molar-refractivity contribution in [2.75, 3.05) is 5.32 Å². The summed E-state index contributed by atoms with van der Waals surface area (Å²) in [5, 5.41) is 5.74. The van der Waals surface area contributed by atoms with Gasteiger partial charge in [0.25, 0.3) is 0 Å². The Labute approximate surface area is 128 Å². The zero-order valence-corrected chi connectivity index (χ0v) is 12.3. The summed E-state index contributed by atoms with van der Waals surface area (Å²) in [6, 6.07) is 19.7. The quantitative estimate of drug-likeness (QED) is 0.698. The average molecular weight is 296 g/mol. The number of hydrogen-bond acceptors (Lipinski definition) is 1. The van der Waals surface area contributed by atoms with Gasteiger partial charge in [-0.25, -0.2) is 0 Å². The van der Waals surface area contributed by atoms with E-state index >= 15 is 0 Å². The Balaban J connectivity index is 2.27. The molecule has 21 heavy (non-hydrogen) atoms. The maximum absolute atomic E-state index is 11.4. The molecule has 3 aromatic carbocycles. The second kappa shape index (κ2) is 5.58. The number of rotatable bonds is 2. The second-order valence-electron chi connectivity index (χ2n) is 4.90. The summed E-state index contributed by atoms with van der Waals surface area (Å²) in [6.45, 7) is 1.52. The summed E-state index contributed by atoms with van der Waals surface area (Å²) in [6.07, 6.45) is 0. The molecule has 0 unspecified atom stereocenters. The Kier molecular flexibility index (Phi) is 3.63. The highest BCUT2D eigenvalue weighted by atomic mass is 35.5. The van der Waals surface area contributed by atoms with Gasteiger partial charge in [0.1, 0.15) is 0 Å². The smallest absolute Gasteiger partial charge is 0.221 e. The second-order valence-corrected chi connectivity index (χ2v) is 5.33. The topological polar surface area (TPSA) is 29.1 Å². The molecule has 0 radical (unpaired) electrons. The van der Waals surface area contributed by atoms with Crippen LogP contribution in [0.3, 0.4) is 0 Å². The molecule has 0 spiro atoms.